The predicted molar refractivity (Wildman–Crippen MR) is 110 cm³/mol. The van der Waals surface area contributed by atoms with Crippen LogP contribution in [0.3, 0.4) is 0 Å². The summed E-state index contributed by atoms with van der Waals surface area (Å²) in [4.78, 5) is 19.9. The second-order valence-electron chi connectivity index (χ2n) is 6.16. The Kier molecular flexibility index (Phi) is 5.09. The molecule has 2 aromatic heterocycles. The van der Waals surface area contributed by atoms with Crippen LogP contribution in [0.5, 0.6) is 5.75 Å². The number of benzene rings is 2. The summed E-state index contributed by atoms with van der Waals surface area (Å²) in [5, 5.41) is 6.34. The Bertz CT molecular complexity index is 1140. The zero-order valence-electron chi connectivity index (χ0n) is 15.7. The first-order valence-corrected chi connectivity index (χ1v) is 9.64. The van der Waals surface area contributed by atoms with Gasteiger partial charge in [-0.05, 0) is 47.8 Å². The number of rotatable bonds is 5. The molecule has 2 heterocycles. The fraction of sp³-hybridized carbons (Fsp3) is 0.0952. The lowest BCUT2D eigenvalue weighted by Crippen LogP contribution is -2.27. The zero-order chi connectivity index (χ0) is 20.4. The van der Waals surface area contributed by atoms with Gasteiger partial charge in [0.1, 0.15) is 11.6 Å². The first-order valence-electron chi connectivity index (χ1n) is 8.76. The highest BCUT2D eigenvalue weighted by Crippen LogP contribution is 2.29. The maximum Gasteiger partial charge on any atom is 0.297 e. The highest BCUT2D eigenvalue weighted by Gasteiger charge is 2.24. The molecule has 0 spiro atoms. The van der Waals surface area contributed by atoms with Gasteiger partial charge in [-0.2, -0.15) is 0 Å². The second-order valence-corrected chi connectivity index (χ2v) is 7.11. The molecule has 1 amide bonds. The third kappa shape index (κ3) is 3.62. The van der Waals surface area contributed by atoms with E-state index in [1.807, 2.05) is 29.6 Å². The highest BCUT2D eigenvalue weighted by molar-refractivity contribution is 7.13. The first kappa shape index (κ1) is 18.8. The standard InChI is InChI=1S/C21H17FN4O2S/c1-25(16-6-3-4-7-17(16)28-2)21(27)19-23-20(18-8-5-13-29-18)26(24-19)15-11-9-14(22)10-12-15/h3-13H,1-2H3. The number of anilines is 1. The van der Waals surface area contributed by atoms with Crippen LogP contribution in [0.15, 0.2) is 66.0 Å². The van der Waals surface area contributed by atoms with Crippen LogP contribution in [0, 0.1) is 5.82 Å². The quantitative estimate of drug-likeness (QED) is 0.490. The van der Waals surface area contributed by atoms with Gasteiger partial charge >= 0.3 is 0 Å². The van der Waals surface area contributed by atoms with E-state index in [9.17, 15) is 9.18 Å². The summed E-state index contributed by atoms with van der Waals surface area (Å²) in [6.45, 7) is 0. The summed E-state index contributed by atoms with van der Waals surface area (Å²) in [5.41, 5.74) is 1.22. The Hall–Kier alpha value is -3.52. The van der Waals surface area contributed by atoms with Crippen LogP contribution in [0.25, 0.3) is 16.4 Å². The summed E-state index contributed by atoms with van der Waals surface area (Å²) >= 11 is 1.48. The molecule has 0 saturated heterocycles. The first-order chi connectivity index (χ1) is 14.1. The lowest BCUT2D eigenvalue weighted by atomic mass is 10.2. The molecule has 8 heteroatoms. The molecular formula is C21H17FN4O2S. The van der Waals surface area contributed by atoms with Crippen LogP contribution < -0.4 is 9.64 Å². The average Bonchev–Trinajstić information content (AvgIpc) is 3.43. The number of thiophene rings is 1. The molecule has 29 heavy (non-hydrogen) atoms. The van der Waals surface area contributed by atoms with Crippen molar-refractivity contribution in [3.8, 4) is 22.1 Å². The van der Waals surface area contributed by atoms with Gasteiger partial charge in [-0.3, -0.25) is 4.79 Å². The molecule has 6 nitrogen and oxygen atoms in total. The van der Waals surface area contributed by atoms with Crippen molar-refractivity contribution in [2.75, 3.05) is 19.1 Å². The number of amides is 1. The van der Waals surface area contributed by atoms with Crippen LogP contribution in [0.2, 0.25) is 0 Å². The van der Waals surface area contributed by atoms with Gasteiger partial charge in [0.15, 0.2) is 5.82 Å². The summed E-state index contributed by atoms with van der Waals surface area (Å²) in [7, 11) is 3.19. The van der Waals surface area contributed by atoms with Crippen molar-refractivity contribution in [2.24, 2.45) is 0 Å². The van der Waals surface area contributed by atoms with Crippen LogP contribution in [-0.4, -0.2) is 34.8 Å². The van der Waals surface area contributed by atoms with E-state index in [0.717, 1.165) is 4.88 Å². The molecule has 0 unspecified atom stereocenters. The number of carbonyl (C=O) groups is 1. The Morgan fingerprint density at radius 3 is 2.55 bits per heavy atom. The number of hydrogen-bond acceptors (Lipinski definition) is 5. The molecule has 0 aliphatic carbocycles. The van der Waals surface area contributed by atoms with E-state index in [1.54, 1.807) is 43.1 Å². The molecule has 146 valence electrons. The predicted octanol–water partition coefficient (Wildman–Crippen LogP) is 4.42. The summed E-state index contributed by atoms with van der Waals surface area (Å²) in [5.74, 6) is 0.390. The number of para-hydroxylation sites is 2. The van der Waals surface area contributed by atoms with E-state index in [0.29, 0.717) is 22.9 Å². The van der Waals surface area contributed by atoms with Gasteiger partial charge in [0, 0.05) is 7.05 Å². The van der Waals surface area contributed by atoms with E-state index in [2.05, 4.69) is 10.1 Å². The Morgan fingerprint density at radius 1 is 1.10 bits per heavy atom. The minimum absolute atomic E-state index is 0.0335. The second kappa shape index (κ2) is 7.84. The van der Waals surface area contributed by atoms with Gasteiger partial charge < -0.3 is 9.64 Å². The normalized spacial score (nSPS) is 10.7. The number of ether oxygens (including phenoxy) is 1. The monoisotopic (exact) mass is 408 g/mol. The van der Waals surface area contributed by atoms with Gasteiger partial charge in [0.25, 0.3) is 5.91 Å². The van der Waals surface area contributed by atoms with E-state index in [-0.39, 0.29) is 17.5 Å². The van der Waals surface area contributed by atoms with Crippen LogP contribution >= 0.6 is 11.3 Å². The smallest absolute Gasteiger partial charge is 0.297 e. The average molecular weight is 408 g/mol. The molecule has 2 aromatic carbocycles. The van der Waals surface area contributed by atoms with Crippen molar-refractivity contribution in [3.05, 3.63) is 77.7 Å². The third-order valence-electron chi connectivity index (χ3n) is 4.36. The molecule has 4 aromatic rings. The van der Waals surface area contributed by atoms with E-state index >= 15 is 0 Å². The van der Waals surface area contributed by atoms with Gasteiger partial charge in [0.2, 0.25) is 5.82 Å². The molecule has 0 saturated carbocycles. The molecular weight excluding hydrogens is 391 g/mol. The number of hydrogen-bond donors (Lipinski definition) is 0. The lowest BCUT2D eigenvalue weighted by molar-refractivity contribution is 0.0982. The van der Waals surface area contributed by atoms with Gasteiger partial charge in [-0.25, -0.2) is 14.1 Å². The largest absolute Gasteiger partial charge is 0.495 e. The number of halogens is 1. The Balaban J connectivity index is 1.77. The van der Waals surface area contributed by atoms with E-state index in [4.69, 9.17) is 4.74 Å². The fourth-order valence-electron chi connectivity index (χ4n) is 2.90. The molecule has 0 N–H and O–H groups in total. The molecule has 0 aliphatic rings. The van der Waals surface area contributed by atoms with Crippen molar-refractivity contribution in [3.63, 3.8) is 0 Å². The van der Waals surface area contributed by atoms with E-state index in [1.165, 1.54) is 28.4 Å². The van der Waals surface area contributed by atoms with E-state index < -0.39 is 0 Å². The van der Waals surface area contributed by atoms with Crippen molar-refractivity contribution in [2.45, 2.75) is 0 Å². The minimum atomic E-state index is -0.381. The minimum Gasteiger partial charge on any atom is -0.495 e. The summed E-state index contributed by atoms with van der Waals surface area (Å²) in [6.07, 6.45) is 0. The number of nitrogens with zero attached hydrogens (tertiary/aromatic N) is 4. The molecule has 0 atom stereocenters. The van der Waals surface area contributed by atoms with Crippen LogP contribution in [0.1, 0.15) is 10.6 Å². The Labute approximate surface area is 170 Å². The van der Waals surface area contributed by atoms with Gasteiger partial charge in [-0.15, -0.1) is 16.4 Å². The number of aromatic nitrogens is 3. The Morgan fingerprint density at radius 2 is 1.86 bits per heavy atom. The number of methoxy groups -OCH3 is 1. The van der Waals surface area contributed by atoms with Gasteiger partial charge in [-0.1, -0.05) is 18.2 Å². The number of carbonyl (C=O) groups excluding carboxylic acids is 1. The molecule has 0 radical (unpaired) electrons. The van der Waals surface area contributed by atoms with Crippen molar-refractivity contribution in [1.82, 2.24) is 14.8 Å². The zero-order valence-corrected chi connectivity index (χ0v) is 16.6. The summed E-state index contributed by atoms with van der Waals surface area (Å²) in [6, 6.07) is 16.9. The maximum absolute atomic E-state index is 13.4. The van der Waals surface area contributed by atoms with Crippen molar-refractivity contribution >= 4 is 22.9 Å². The molecule has 4 rings (SSSR count). The third-order valence-corrected chi connectivity index (χ3v) is 5.23. The topological polar surface area (TPSA) is 60.2 Å². The highest BCUT2D eigenvalue weighted by atomic mass is 32.1. The maximum atomic E-state index is 13.4. The fourth-order valence-corrected chi connectivity index (χ4v) is 3.59. The van der Waals surface area contributed by atoms with Crippen LogP contribution in [-0.2, 0) is 0 Å². The summed E-state index contributed by atoms with van der Waals surface area (Å²) < 4.78 is 20.3. The lowest BCUT2D eigenvalue weighted by Gasteiger charge is -2.18. The molecule has 0 bridgehead atoms. The van der Waals surface area contributed by atoms with Crippen molar-refractivity contribution < 1.29 is 13.9 Å². The van der Waals surface area contributed by atoms with Crippen molar-refractivity contribution in [1.29, 1.82) is 0 Å². The van der Waals surface area contributed by atoms with Gasteiger partial charge in [0.05, 0.1) is 23.4 Å². The van der Waals surface area contributed by atoms with Crippen LogP contribution in [0.4, 0.5) is 10.1 Å². The SMILES string of the molecule is COc1ccccc1N(C)C(=O)c1nc(-c2cccs2)n(-c2ccc(F)cc2)n1. The molecule has 0 fully saturated rings. The molecule has 0 aliphatic heterocycles.